The lowest BCUT2D eigenvalue weighted by Gasteiger charge is -2.32. The van der Waals surface area contributed by atoms with Gasteiger partial charge in [-0.25, -0.2) is 9.97 Å². The first-order chi connectivity index (χ1) is 42.1. The van der Waals surface area contributed by atoms with Crippen molar-refractivity contribution in [1.29, 1.82) is 0 Å². The van der Waals surface area contributed by atoms with Crippen LogP contribution in [-0.2, 0) is 18.9 Å². The highest BCUT2D eigenvalue weighted by atomic mass is 79.9. The predicted octanol–water partition coefficient (Wildman–Crippen LogP) is 13.1. The van der Waals surface area contributed by atoms with E-state index in [0.29, 0.717) is 35.4 Å². The number of benzene rings is 4. The molecule has 8 aromatic rings. The van der Waals surface area contributed by atoms with Crippen LogP contribution in [0.3, 0.4) is 0 Å². The molecule has 6 N–H and O–H groups in total. The van der Waals surface area contributed by atoms with Gasteiger partial charge in [0.2, 0.25) is 0 Å². The van der Waals surface area contributed by atoms with Gasteiger partial charge in [0.15, 0.2) is 3.92 Å². The number of hydrogen-bond donors (Lipinski definition) is 6. The van der Waals surface area contributed by atoms with Crippen LogP contribution in [0.15, 0.2) is 112 Å². The van der Waals surface area contributed by atoms with Crippen LogP contribution >= 0.6 is 38.6 Å². The Bertz CT molecular complexity index is 3880. The number of fused-ring (bicyclic) bond motifs is 2. The van der Waals surface area contributed by atoms with Gasteiger partial charge in [-0.1, -0.05) is 100 Å². The molecule has 20 heteroatoms. The van der Waals surface area contributed by atoms with Crippen molar-refractivity contribution >= 4 is 109 Å². The number of aromatic nitrogens is 4. The lowest BCUT2D eigenvalue weighted by Crippen LogP contribution is -2.41. The molecule has 0 bridgehead atoms. The first-order valence-corrected chi connectivity index (χ1v) is 32.5. The van der Waals surface area contributed by atoms with Crippen molar-refractivity contribution in [3.63, 3.8) is 0 Å². The molecule has 7 heterocycles. The van der Waals surface area contributed by atoms with E-state index in [4.69, 9.17) is 14.3 Å². The van der Waals surface area contributed by atoms with Gasteiger partial charge >= 0.3 is 7.12 Å². The molecule has 4 aromatic heterocycles. The number of hydrogen-bond acceptors (Lipinski definition) is 12. The van der Waals surface area contributed by atoms with Gasteiger partial charge in [-0.05, 0) is 151 Å². The number of halogens is 1. The summed E-state index contributed by atoms with van der Waals surface area (Å²) in [5, 5.41) is 17.0. The summed E-state index contributed by atoms with van der Waals surface area (Å²) in [4.78, 5) is 72.2. The van der Waals surface area contributed by atoms with E-state index in [0.717, 1.165) is 133 Å². The third-order valence-corrected chi connectivity index (χ3v) is 19.0. The number of carbonyl (C=O) groups is 4. The molecule has 3 aliphatic rings. The molecule has 458 valence electrons. The maximum absolute atomic E-state index is 13.0. The number of H-pyrrole nitrogens is 2. The maximum atomic E-state index is 13.0. The third-order valence-electron chi connectivity index (χ3n) is 16.7. The molecule has 0 spiro atoms. The van der Waals surface area contributed by atoms with Crippen molar-refractivity contribution in [2.75, 3.05) is 63.0 Å². The second-order valence-electron chi connectivity index (χ2n) is 22.8. The van der Waals surface area contributed by atoms with Gasteiger partial charge < -0.3 is 50.3 Å². The maximum Gasteiger partial charge on any atom is 0.494 e. The number of likely N-dealkylation sites (N-methyl/N-ethyl adjacent to an activating group) is 2. The number of nitrogens with one attached hydrogen (secondary N) is 6. The van der Waals surface area contributed by atoms with Crippen LogP contribution in [0, 0.1) is 27.7 Å². The third kappa shape index (κ3) is 14.6. The van der Waals surface area contributed by atoms with E-state index < -0.39 is 18.3 Å². The van der Waals surface area contributed by atoms with Gasteiger partial charge in [-0.15, -0.1) is 22.7 Å². The number of nitrogens with zero attached hydrogens (tertiary/aromatic N) is 4. The molecular weight excluding hydrogens is 1210 g/mol. The number of thiazole rings is 2. The van der Waals surface area contributed by atoms with Crippen LogP contribution in [0.25, 0.3) is 56.4 Å². The van der Waals surface area contributed by atoms with Gasteiger partial charge in [0.05, 0.1) is 44.9 Å². The van der Waals surface area contributed by atoms with Crippen molar-refractivity contribution in [1.82, 2.24) is 40.4 Å². The molecule has 4 aromatic carbocycles. The van der Waals surface area contributed by atoms with Crippen molar-refractivity contribution in [2.24, 2.45) is 0 Å². The lowest BCUT2D eigenvalue weighted by atomic mass is 9.78. The van der Waals surface area contributed by atoms with Crippen LogP contribution in [0.4, 0.5) is 11.4 Å². The molecule has 0 unspecified atom stereocenters. The summed E-state index contributed by atoms with van der Waals surface area (Å²) in [6.45, 7) is 30.7. The van der Waals surface area contributed by atoms with Gasteiger partial charge in [0.1, 0.15) is 5.01 Å². The molecule has 0 aliphatic carbocycles. The Morgan fingerprint density at radius 2 is 1.05 bits per heavy atom. The fourth-order valence-electron chi connectivity index (χ4n) is 10.8. The number of aryl methyl sites for hydroxylation is 2. The van der Waals surface area contributed by atoms with Crippen LogP contribution in [0.1, 0.15) is 121 Å². The molecular formula is C68H78BBrN10O6S2. The molecule has 3 aliphatic heterocycles. The fraction of sp³-hybridized carbons (Fsp3) is 0.324. The Balaban J connectivity index is 0.000000176. The number of anilines is 2. The number of rotatable bonds is 18. The minimum Gasteiger partial charge on any atom is -0.399 e. The normalized spacial score (nSPS) is 15.4. The molecule has 0 radical (unpaired) electrons. The summed E-state index contributed by atoms with van der Waals surface area (Å²) in [6, 6.07) is 31.9. The molecule has 0 atom stereocenters. The zero-order valence-corrected chi connectivity index (χ0v) is 55.4. The molecule has 88 heavy (non-hydrogen) atoms. The monoisotopic (exact) mass is 1280 g/mol. The zero-order chi connectivity index (χ0) is 63.0. The SMILES string of the molecule is Brc1nc(-c2ccccc2)cs1.CCN(CC)CCNC(=O)c1c(C)[nH]c(/C=C2\C(=O)Nc3ccc(-c4nc(-c5ccccc5)cs4)cc32)c1C.CCN(CC)CCNC(=O)c1c(C)[nH]c(/C=C2\C(=O)Nc3ccc(B4OC(C)(C)C(C)(C)O4)cc32)c1C. The number of carbonyl (C=O) groups excluding carboxylic acids is 4. The van der Waals surface area contributed by atoms with Gasteiger partial charge in [0.25, 0.3) is 23.6 Å². The van der Waals surface area contributed by atoms with Crippen molar-refractivity contribution in [3.8, 4) is 33.1 Å². The molecule has 1 fully saturated rings. The van der Waals surface area contributed by atoms with E-state index in [1.165, 1.54) is 5.56 Å². The average molecular weight is 1290 g/mol. The topological polar surface area (TPSA) is 199 Å². The molecule has 11 rings (SSSR count). The lowest BCUT2D eigenvalue weighted by molar-refractivity contribution is -0.111. The first kappa shape index (κ1) is 64.9. The summed E-state index contributed by atoms with van der Waals surface area (Å²) in [5.41, 5.74) is 15.3. The fourth-order valence-corrected chi connectivity index (χ4v) is 12.6. The van der Waals surface area contributed by atoms with Gasteiger partial charge in [-0.3, -0.25) is 19.2 Å². The highest BCUT2D eigenvalue weighted by molar-refractivity contribution is 9.11. The van der Waals surface area contributed by atoms with E-state index in [1.54, 1.807) is 22.7 Å². The van der Waals surface area contributed by atoms with E-state index >= 15 is 0 Å². The van der Waals surface area contributed by atoms with E-state index in [9.17, 15) is 19.2 Å². The van der Waals surface area contributed by atoms with Gasteiger partial charge in [0, 0.05) is 98.9 Å². The van der Waals surface area contributed by atoms with E-state index in [2.05, 4.69) is 107 Å². The molecule has 0 saturated carbocycles. The highest BCUT2D eigenvalue weighted by Crippen LogP contribution is 2.40. The predicted molar refractivity (Wildman–Crippen MR) is 364 cm³/mol. The second-order valence-corrected chi connectivity index (χ2v) is 25.8. The summed E-state index contributed by atoms with van der Waals surface area (Å²) in [7, 11) is -0.520. The summed E-state index contributed by atoms with van der Waals surface area (Å²) < 4.78 is 13.4. The van der Waals surface area contributed by atoms with Crippen LogP contribution in [0.5, 0.6) is 0 Å². The smallest absolute Gasteiger partial charge is 0.399 e. The van der Waals surface area contributed by atoms with Crippen LogP contribution in [-0.4, -0.2) is 124 Å². The Labute approximate surface area is 533 Å². The molecule has 16 nitrogen and oxygen atoms in total. The summed E-state index contributed by atoms with van der Waals surface area (Å²) >= 11 is 6.52. The van der Waals surface area contributed by atoms with E-state index in [1.807, 2.05) is 158 Å². The average Bonchev–Trinajstić information content (AvgIpc) is 1.84. The van der Waals surface area contributed by atoms with E-state index in [-0.39, 0.29) is 23.6 Å². The van der Waals surface area contributed by atoms with Crippen molar-refractivity contribution in [2.45, 2.75) is 94.3 Å². The Morgan fingerprint density at radius 1 is 0.602 bits per heavy atom. The molecule has 1 saturated heterocycles. The van der Waals surface area contributed by atoms with Gasteiger partial charge in [-0.2, -0.15) is 0 Å². The quantitative estimate of drug-likeness (QED) is 0.0355. The zero-order valence-electron chi connectivity index (χ0n) is 52.2. The summed E-state index contributed by atoms with van der Waals surface area (Å²) in [5.74, 6) is -0.557. The first-order valence-electron chi connectivity index (χ1n) is 29.9. The number of amides is 4. The minimum atomic E-state index is -0.520. The standard InChI is InChI=1S/C31H33N5O2S.C28H39BN4O4.C9H6BrNS/c1-5-36(6-2)15-14-32-30(38)28-19(3)26(33-20(28)4)17-24-23-16-22(12-13-25(23)34-29(24)37)31-35-27(18-39-31)21-10-8-7-9-11-21;1-9-33(10-2)14-13-30-26(35)24-17(3)23(31-18(24)4)16-21-20-15-19(11-12-22(20)32-25(21)34)29-36-27(5,6)28(7,8)37-29;10-9-11-8(6-12-9)7-4-2-1-3-5-7/h7-13,16-18,33H,5-6,14-15H2,1-4H3,(H,32,38)(H,34,37);11-12,15-16,31H,9-10,13-14H2,1-8H3,(H,30,35)(H,32,34);1-6H/b24-17-;21-16-;. The summed E-state index contributed by atoms with van der Waals surface area (Å²) in [6.07, 6.45) is 3.67. The van der Waals surface area contributed by atoms with Crippen LogP contribution in [0.2, 0.25) is 0 Å². The number of aromatic amines is 2. The minimum absolute atomic E-state index is 0.102. The Hall–Kier alpha value is -7.56. The Morgan fingerprint density at radius 3 is 1.50 bits per heavy atom. The Kier molecular flexibility index (Phi) is 20.9. The van der Waals surface area contributed by atoms with Crippen molar-refractivity contribution < 1.29 is 28.5 Å². The second kappa shape index (κ2) is 28.3. The molecule has 4 amide bonds. The highest BCUT2D eigenvalue weighted by Gasteiger charge is 2.52. The largest absolute Gasteiger partial charge is 0.494 e. The van der Waals surface area contributed by atoms with Crippen molar-refractivity contribution in [3.05, 3.63) is 168 Å². The van der Waals surface area contributed by atoms with Crippen LogP contribution < -0.4 is 26.7 Å².